The second-order valence-corrected chi connectivity index (χ2v) is 6.51. The van der Waals surface area contributed by atoms with Crippen LogP contribution in [-0.2, 0) is 11.0 Å². The first kappa shape index (κ1) is 18.3. The number of aliphatic hydroxyl groups is 1. The number of rotatable bonds is 7. The molecule has 8 heteroatoms. The largest absolute Gasteiger partial charge is 0.524 e. The highest BCUT2D eigenvalue weighted by atomic mass is 31.2. The van der Waals surface area contributed by atoms with Crippen molar-refractivity contribution >= 4 is 7.82 Å². The molecule has 1 unspecified atom stereocenters. The summed E-state index contributed by atoms with van der Waals surface area (Å²) in [4.78, 5) is 18.0. The molecule has 2 aromatic rings. The molecule has 130 valence electrons. The molecule has 0 aliphatic heterocycles. The summed E-state index contributed by atoms with van der Waals surface area (Å²) in [5.41, 5.74) is 0.956. The van der Waals surface area contributed by atoms with E-state index in [2.05, 4.69) is 4.52 Å². The normalized spacial score (nSPS) is 12.8. The molecule has 1 atom stereocenters. The Kier molecular flexibility index (Phi) is 5.85. The first-order valence-corrected chi connectivity index (χ1v) is 8.79. The van der Waals surface area contributed by atoms with E-state index in [-0.39, 0.29) is 41.8 Å². The number of hydrogen-bond acceptors (Lipinski definition) is 5. The molecule has 0 spiro atoms. The van der Waals surface area contributed by atoms with Gasteiger partial charge in [-0.05, 0) is 48.6 Å². The molecule has 0 aliphatic rings. The zero-order valence-electron chi connectivity index (χ0n) is 12.7. The maximum absolute atomic E-state index is 11.1. The maximum atomic E-state index is 11.1. The van der Waals surface area contributed by atoms with Crippen LogP contribution in [0.25, 0.3) is 0 Å². The Bertz CT molecular complexity index is 741. The monoisotopic (exact) mass is 354 g/mol. The van der Waals surface area contributed by atoms with Crippen molar-refractivity contribution in [1.82, 2.24) is 0 Å². The number of aliphatic hydroxyl groups excluding tert-OH is 1. The Morgan fingerprint density at radius 1 is 1.08 bits per heavy atom. The van der Waals surface area contributed by atoms with Gasteiger partial charge in [-0.1, -0.05) is 18.2 Å². The quantitative estimate of drug-likeness (QED) is 0.483. The van der Waals surface area contributed by atoms with Gasteiger partial charge in [0.25, 0.3) is 0 Å². The minimum Gasteiger partial charge on any atom is -0.508 e. The van der Waals surface area contributed by atoms with Crippen molar-refractivity contribution in [2.75, 3.05) is 6.61 Å². The van der Waals surface area contributed by atoms with E-state index in [0.717, 1.165) is 5.56 Å². The Morgan fingerprint density at radius 3 is 2.42 bits per heavy atom. The smallest absolute Gasteiger partial charge is 0.508 e. The molecule has 7 nitrogen and oxygen atoms in total. The summed E-state index contributed by atoms with van der Waals surface area (Å²) < 4.78 is 15.8. The van der Waals surface area contributed by atoms with Crippen LogP contribution in [-0.4, -0.2) is 31.7 Å². The summed E-state index contributed by atoms with van der Waals surface area (Å²) >= 11 is 0. The molecule has 0 saturated heterocycles. The highest BCUT2D eigenvalue weighted by Crippen LogP contribution is 2.43. The molecule has 0 bridgehead atoms. The molecule has 2 rings (SSSR count). The lowest BCUT2D eigenvalue weighted by atomic mass is 9.88. The van der Waals surface area contributed by atoms with Gasteiger partial charge in [0.1, 0.15) is 17.2 Å². The minimum atomic E-state index is -4.77. The molecule has 2 aromatic carbocycles. The average Bonchev–Trinajstić information content (AvgIpc) is 2.48. The maximum Gasteiger partial charge on any atom is 0.524 e. The van der Waals surface area contributed by atoms with Crippen molar-refractivity contribution in [3.05, 3.63) is 53.6 Å². The lowest BCUT2D eigenvalue weighted by molar-refractivity contribution is 0.271. The summed E-state index contributed by atoms with van der Waals surface area (Å²) in [7, 11) is -4.77. The highest BCUT2D eigenvalue weighted by Gasteiger charge is 2.23. The van der Waals surface area contributed by atoms with Crippen LogP contribution >= 0.6 is 7.82 Å². The summed E-state index contributed by atoms with van der Waals surface area (Å²) in [6.45, 7) is -0.122. The van der Waals surface area contributed by atoms with Gasteiger partial charge in [0.05, 0.1) is 0 Å². The van der Waals surface area contributed by atoms with Crippen molar-refractivity contribution in [2.45, 2.75) is 18.8 Å². The van der Waals surface area contributed by atoms with Gasteiger partial charge in [-0.15, -0.1) is 0 Å². The SMILES string of the molecule is O=P(O)(O)Oc1cccc(O)c1CC(CCO)c1cccc(O)c1. The Morgan fingerprint density at radius 2 is 1.79 bits per heavy atom. The van der Waals surface area contributed by atoms with Crippen molar-refractivity contribution < 1.29 is 34.2 Å². The Balaban J connectivity index is 2.37. The van der Waals surface area contributed by atoms with Gasteiger partial charge >= 0.3 is 7.82 Å². The molecule has 0 fully saturated rings. The number of phosphoric acid groups is 1. The molecule has 0 aromatic heterocycles. The summed E-state index contributed by atoms with van der Waals surface area (Å²) in [6, 6.07) is 10.6. The zero-order valence-corrected chi connectivity index (χ0v) is 13.6. The average molecular weight is 354 g/mol. The number of aromatic hydroxyl groups is 2. The van der Waals surface area contributed by atoms with E-state index in [1.165, 1.54) is 24.3 Å². The molecular weight excluding hydrogens is 335 g/mol. The van der Waals surface area contributed by atoms with Crippen LogP contribution in [0.2, 0.25) is 0 Å². The Labute approximate surface area is 139 Å². The van der Waals surface area contributed by atoms with Crippen molar-refractivity contribution in [3.8, 4) is 17.2 Å². The van der Waals surface area contributed by atoms with E-state index in [1.807, 2.05) is 0 Å². The summed E-state index contributed by atoms with van der Waals surface area (Å²) in [5.74, 6) is -0.496. The van der Waals surface area contributed by atoms with Gasteiger partial charge in [0, 0.05) is 12.2 Å². The molecule has 24 heavy (non-hydrogen) atoms. The van der Waals surface area contributed by atoms with Crippen LogP contribution in [0.5, 0.6) is 17.2 Å². The van der Waals surface area contributed by atoms with Crippen molar-refractivity contribution in [3.63, 3.8) is 0 Å². The van der Waals surface area contributed by atoms with Crippen LogP contribution in [0.15, 0.2) is 42.5 Å². The molecule has 5 N–H and O–H groups in total. The molecule has 0 saturated carbocycles. The lowest BCUT2D eigenvalue weighted by Gasteiger charge is -2.20. The fourth-order valence-electron chi connectivity index (χ4n) is 2.54. The van der Waals surface area contributed by atoms with Crippen LogP contribution in [0.1, 0.15) is 23.5 Å². The van der Waals surface area contributed by atoms with E-state index < -0.39 is 7.82 Å². The van der Waals surface area contributed by atoms with E-state index >= 15 is 0 Å². The topological polar surface area (TPSA) is 127 Å². The molecule has 0 aliphatic carbocycles. The van der Waals surface area contributed by atoms with Crippen LogP contribution in [0, 0.1) is 0 Å². The third-order valence-corrected chi connectivity index (χ3v) is 4.03. The standard InChI is InChI=1S/C16H19O7P/c17-8-7-12(11-3-1-4-13(18)9-11)10-14-15(19)5-2-6-16(14)23-24(20,21)22/h1-6,9,12,17-19H,7-8,10H2,(H2,20,21,22). The van der Waals surface area contributed by atoms with Gasteiger partial charge in [-0.3, -0.25) is 9.79 Å². The highest BCUT2D eigenvalue weighted by molar-refractivity contribution is 7.46. The first-order chi connectivity index (χ1) is 11.3. The van der Waals surface area contributed by atoms with Crippen LogP contribution < -0.4 is 4.52 Å². The third kappa shape index (κ3) is 4.97. The second kappa shape index (κ2) is 7.68. The predicted octanol–water partition coefficient (Wildman–Crippen LogP) is 2.28. The second-order valence-electron chi connectivity index (χ2n) is 5.34. The van der Waals surface area contributed by atoms with Gasteiger partial charge in [0.15, 0.2) is 0 Å². The van der Waals surface area contributed by atoms with E-state index in [4.69, 9.17) is 9.79 Å². The van der Waals surface area contributed by atoms with Gasteiger partial charge in [-0.25, -0.2) is 4.57 Å². The van der Waals surface area contributed by atoms with E-state index in [9.17, 15) is 19.9 Å². The number of phosphoric ester groups is 1. The fraction of sp³-hybridized carbons (Fsp3) is 0.250. The van der Waals surface area contributed by atoms with Crippen molar-refractivity contribution in [2.24, 2.45) is 0 Å². The van der Waals surface area contributed by atoms with Gasteiger partial charge in [0.2, 0.25) is 0 Å². The summed E-state index contributed by atoms with van der Waals surface area (Å²) in [6.07, 6.45) is 0.513. The van der Waals surface area contributed by atoms with Crippen molar-refractivity contribution in [1.29, 1.82) is 0 Å². The molecule has 0 heterocycles. The van der Waals surface area contributed by atoms with Gasteiger partial charge in [-0.2, -0.15) is 0 Å². The summed E-state index contributed by atoms with van der Waals surface area (Å²) in [5, 5.41) is 29.0. The molecular formula is C16H19O7P. The molecule has 0 radical (unpaired) electrons. The van der Waals surface area contributed by atoms with Crippen LogP contribution in [0.3, 0.4) is 0 Å². The minimum absolute atomic E-state index is 0.0689. The number of phenols is 2. The zero-order chi connectivity index (χ0) is 17.7. The van der Waals surface area contributed by atoms with Gasteiger partial charge < -0.3 is 19.8 Å². The molecule has 0 amide bonds. The number of hydrogen-bond donors (Lipinski definition) is 5. The third-order valence-electron chi connectivity index (χ3n) is 3.60. The first-order valence-electron chi connectivity index (χ1n) is 7.26. The number of benzene rings is 2. The Hall–Kier alpha value is -2.05. The lowest BCUT2D eigenvalue weighted by Crippen LogP contribution is -2.07. The van der Waals surface area contributed by atoms with E-state index in [1.54, 1.807) is 18.2 Å². The van der Waals surface area contributed by atoms with E-state index in [0.29, 0.717) is 6.42 Å². The predicted molar refractivity (Wildman–Crippen MR) is 87.0 cm³/mol. The number of phenolic OH excluding ortho intramolecular Hbond substituents is 2. The fourth-order valence-corrected chi connectivity index (χ4v) is 2.97. The van der Waals surface area contributed by atoms with Crippen LogP contribution in [0.4, 0.5) is 0 Å².